The molecule has 2 aromatic heterocycles. The van der Waals surface area contributed by atoms with Crippen molar-refractivity contribution in [2.24, 2.45) is 0 Å². The summed E-state index contributed by atoms with van der Waals surface area (Å²) in [5, 5.41) is 2.96. The number of imidazole rings is 1. The number of alkyl halides is 3. The molecule has 5 nitrogen and oxygen atoms in total. The average Bonchev–Trinajstić information content (AvgIpc) is 3.24. The molecule has 1 aromatic carbocycles. The van der Waals surface area contributed by atoms with Crippen molar-refractivity contribution in [1.29, 1.82) is 0 Å². The molecule has 178 valence electrons. The van der Waals surface area contributed by atoms with Crippen LogP contribution in [0.3, 0.4) is 0 Å². The summed E-state index contributed by atoms with van der Waals surface area (Å²) < 4.78 is 41.0. The van der Waals surface area contributed by atoms with Gasteiger partial charge in [-0.25, -0.2) is 9.78 Å². The highest BCUT2D eigenvalue weighted by molar-refractivity contribution is 9.10. The van der Waals surface area contributed by atoms with E-state index in [4.69, 9.17) is 0 Å². The fraction of sp³-hybridized carbons (Fsp3) is 0.417. The normalized spacial score (nSPS) is 13.7. The highest BCUT2D eigenvalue weighted by Crippen LogP contribution is 2.31. The van der Waals surface area contributed by atoms with Crippen LogP contribution < -0.4 is 5.32 Å². The van der Waals surface area contributed by atoms with Crippen molar-refractivity contribution in [3.8, 4) is 11.1 Å². The van der Waals surface area contributed by atoms with Crippen molar-refractivity contribution < 1.29 is 18.0 Å². The molecule has 0 saturated heterocycles. The molecule has 33 heavy (non-hydrogen) atoms. The summed E-state index contributed by atoms with van der Waals surface area (Å²) >= 11 is 3.61. The molecule has 0 aliphatic carbocycles. The number of rotatable bonds is 8. The zero-order chi connectivity index (χ0) is 24.2. The summed E-state index contributed by atoms with van der Waals surface area (Å²) in [5.74, 6) is 0. The molecule has 3 aromatic rings. The van der Waals surface area contributed by atoms with Gasteiger partial charge in [0.05, 0.1) is 6.04 Å². The molecule has 0 saturated carbocycles. The molecule has 2 atom stereocenters. The van der Waals surface area contributed by atoms with Crippen LogP contribution in [0, 0.1) is 0 Å². The molecule has 2 amide bonds. The minimum Gasteiger partial charge on any atom is -0.331 e. The first kappa shape index (κ1) is 25.1. The van der Waals surface area contributed by atoms with Crippen molar-refractivity contribution in [3.63, 3.8) is 0 Å². The Kier molecular flexibility index (Phi) is 8.05. The summed E-state index contributed by atoms with van der Waals surface area (Å²) in [6.45, 7) is 5.79. The lowest BCUT2D eigenvalue weighted by atomic mass is 10.0. The van der Waals surface area contributed by atoms with Crippen LogP contribution in [0.15, 0.2) is 53.4 Å². The fourth-order valence-electron chi connectivity index (χ4n) is 3.94. The molecule has 0 spiro atoms. The third-order valence-electron chi connectivity index (χ3n) is 5.80. The Morgan fingerprint density at radius 3 is 2.67 bits per heavy atom. The molecule has 2 heterocycles. The van der Waals surface area contributed by atoms with E-state index in [-0.39, 0.29) is 18.5 Å². The van der Waals surface area contributed by atoms with Crippen molar-refractivity contribution in [2.45, 2.75) is 58.3 Å². The molecular formula is C24H28BrF3N4O. The van der Waals surface area contributed by atoms with E-state index in [1.165, 1.54) is 4.90 Å². The smallest absolute Gasteiger partial charge is 0.331 e. The largest absolute Gasteiger partial charge is 0.389 e. The number of carbonyl (C=O) groups is 1. The predicted octanol–water partition coefficient (Wildman–Crippen LogP) is 6.98. The highest BCUT2D eigenvalue weighted by Gasteiger charge is 2.31. The molecule has 1 N–H and O–H groups in total. The van der Waals surface area contributed by atoms with Crippen LogP contribution in [0.2, 0.25) is 0 Å². The summed E-state index contributed by atoms with van der Waals surface area (Å²) in [4.78, 5) is 18.7. The molecule has 0 bridgehead atoms. The van der Waals surface area contributed by atoms with E-state index >= 15 is 0 Å². The van der Waals surface area contributed by atoms with Gasteiger partial charge in [-0.1, -0.05) is 28.9 Å². The van der Waals surface area contributed by atoms with E-state index in [2.05, 4.69) is 26.2 Å². The maximum Gasteiger partial charge on any atom is 0.389 e. The molecule has 0 unspecified atom stereocenters. The molecule has 0 fully saturated rings. The van der Waals surface area contributed by atoms with Crippen molar-refractivity contribution in [2.75, 3.05) is 6.54 Å². The van der Waals surface area contributed by atoms with Gasteiger partial charge in [-0.15, -0.1) is 0 Å². The molecule has 0 aliphatic rings. The number of halogens is 4. The van der Waals surface area contributed by atoms with Gasteiger partial charge in [-0.05, 0) is 67.6 Å². The minimum atomic E-state index is -4.23. The monoisotopic (exact) mass is 524 g/mol. The number of nitrogens with one attached hydrogen (secondary N) is 1. The number of amides is 2. The average molecular weight is 525 g/mol. The summed E-state index contributed by atoms with van der Waals surface area (Å²) in [5.41, 5.74) is 3.70. The van der Waals surface area contributed by atoms with Crippen molar-refractivity contribution in [1.82, 2.24) is 19.6 Å². The van der Waals surface area contributed by atoms with Crippen molar-refractivity contribution >= 4 is 27.6 Å². The first-order chi connectivity index (χ1) is 15.6. The zero-order valence-corrected chi connectivity index (χ0v) is 20.4. The number of hydrogen-bond acceptors (Lipinski definition) is 2. The number of nitrogens with zero attached hydrogens (tertiary/aromatic N) is 3. The molecule has 0 aliphatic heterocycles. The fourth-order valence-corrected chi connectivity index (χ4v) is 4.42. The second-order valence-electron chi connectivity index (χ2n) is 8.02. The van der Waals surface area contributed by atoms with Crippen LogP contribution in [0.4, 0.5) is 18.0 Å². The number of urea groups is 1. The second-order valence-corrected chi connectivity index (χ2v) is 8.88. The van der Waals surface area contributed by atoms with Gasteiger partial charge in [0.1, 0.15) is 5.65 Å². The minimum absolute atomic E-state index is 0.102. The number of aromatic nitrogens is 2. The quantitative estimate of drug-likeness (QED) is 0.345. The van der Waals surface area contributed by atoms with Gasteiger partial charge < -0.3 is 14.6 Å². The topological polar surface area (TPSA) is 49.6 Å². The Balaban J connectivity index is 1.76. The lowest BCUT2D eigenvalue weighted by Crippen LogP contribution is -2.46. The lowest BCUT2D eigenvalue weighted by Gasteiger charge is -2.32. The van der Waals surface area contributed by atoms with Gasteiger partial charge >= 0.3 is 12.2 Å². The van der Waals surface area contributed by atoms with Crippen LogP contribution in [0.5, 0.6) is 0 Å². The van der Waals surface area contributed by atoms with Crippen molar-refractivity contribution in [3.05, 3.63) is 59.0 Å². The first-order valence-electron chi connectivity index (χ1n) is 11.0. The van der Waals surface area contributed by atoms with Gasteiger partial charge in [0.15, 0.2) is 0 Å². The number of pyridine rings is 1. The Hall–Kier alpha value is -2.55. The number of hydrogen-bond donors (Lipinski definition) is 1. The van der Waals surface area contributed by atoms with Crippen LogP contribution in [0.25, 0.3) is 16.8 Å². The van der Waals surface area contributed by atoms with E-state index < -0.39 is 18.6 Å². The molecule has 3 rings (SSSR count). The van der Waals surface area contributed by atoms with E-state index in [0.29, 0.717) is 13.0 Å². The second kappa shape index (κ2) is 10.6. The van der Waals surface area contributed by atoms with E-state index in [1.54, 1.807) is 20.0 Å². The summed E-state index contributed by atoms with van der Waals surface area (Å²) in [6, 6.07) is 8.63. The van der Waals surface area contributed by atoms with Gasteiger partial charge in [-0.2, -0.15) is 13.2 Å². The van der Waals surface area contributed by atoms with Gasteiger partial charge in [-0.3, -0.25) is 0 Å². The molecular weight excluding hydrogens is 497 g/mol. The summed E-state index contributed by atoms with van der Waals surface area (Å²) in [7, 11) is 0. The van der Waals surface area contributed by atoms with Crippen LogP contribution >= 0.6 is 15.9 Å². The maximum atomic E-state index is 12.9. The number of carbonyl (C=O) groups excluding carboxylic acids is 1. The van der Waals surface area contributed by atoms with Crippen LogP contribution in [-0.2, 0) is 0 Å². The van der Waals surface area contributed by atoms with Crippen LogP contribution in [-0.4, -0.2) is 39.1 Å². The number of benzene rings is 1. The number of fused-ring (bicyclic) bond motifs is 1. The molecule has 0 radical (unpaired) electrons. The Morgan fingerprint density at radius 2 is 2.00 bits per heavy atom. The third kappa shape index (κ3) is 6.28. The predicted molar refractivity (Wildman–Crippen MR) is 127 cm³/mol. The Bertz CT molecular complexity index is 1100. The highest BCUT2D eigenvalue weighted by atomic mass is 79.9. The van der Waals surface area contributed by atoms with Gasteiger partial charge in [0, 0.05) is 42.1 Å². The van der Waals surface area contributed by atoms with E-state index in [0.717, 1.165) is 26.8 Å². The third-order valence-corrected chi connectivity index (χ3v) is 6.50. The summed E-state index contributed by atoms with van der Waals surface area (Å²) in [6.07, 6.45) is 0.828. The first-order valence-corrected chi connectivity index (χ1v) is 11.8. The van der Waals surface area contributed by atoms with Gasteiger partial charge in [0.25, 0.3) is 0 Å². The van der Waals surface area contributed by atoms with Gasteiger partial charge in [0.2, 0.25) is 0 Å². The van der Waals surface area contributed by atoms with E-state index in [9.17, 15) is 18.0 Å². The SMILES string of the molecule is CC[C@H](CCC(F)(F)F)N(CC)C(=O)N[C@H](C)c1ccc(Br)c(-c2ccc3nccn3c2)c1. The Morgan fingerprint density at radius 1 is 1.24 bits per heavy atom. The Labute approximate surface area is 200 Å². The zero-order valence-electron chi connectivity index (χ0n) is 18.9. The lowest BCUT2D eigenvalue weighted by molar-refractivity contribution is -0.137. The maximum absolute atomic E-state index is 12.9. The molecule has 9 heteroatoms. The van der Waals surface area contributed by atoms with E-state index in [1.807, 2.05) is 54.0 Å². The standard InChI is InChI=1S/C24H28BrF3N4O/c1-4-19(10-11-24(26,27)28)32(5-2)23(33)30-16(3)17-6-8-21(25)20(14-17)18-7-9-22-29-12-13-31(22)15-18/h6-9,12-16,19H,4-5,10-11H2,1-3H3,(H,30,33)/t16-,19-/m1/s1. The van der Waals surface area contributed by atoms with Crippen LogP contribution in [0.1, 0.15) is 51.6 Å².